The molecule has 1 aliphatic rings. The molecule has 2 aromatic rings. The predicted octanol–water partition coefficient (Wildman–Crippen LogP) is 1.90. The number of fused-ring (bicyclic) bond motifs is 1. The summed E-state index contributed by atoms with van der Waals surface area (Å²) in [6.07, 6.45) is 1.51. The van der Waals surface area contributed by atoms with Gasteiger partial charge in [0.25, 0.3) is 5.91 Å². The van der Waals surface area contributed by atoms with Crippen molar-refractivity contribution in [2.45, 2.75) is 39.8 Å². The summed E-state index contributed by atoms with van der Waals surface area (Å²) < 4.78 is 11.7. The van der Waals surface area contributed by atoms with E-state index in [-0.39, 0.29) is 17.4 Å². The quantitative estimate of drug-likeness (QED) is 0.786. The van der Waals surface area contributed by atoms with E-state index in [1.807, 2.05) is 0 Å². The third kappa shape index (κ3) is 3.72. The molecule has 0 fully saturated rings. The van der Waals surface area contributed by atoms with Crippen molar-refractivity contribution in [1.82, 2.24) is 19.8 Å². The van der Waals surface area contributed by atoms with Gasteiger partial charge in [-0.05, 0) is 24.8 Å². The van der Waals surface area contributed by atoms with Gasteiger partial charge in [-0.2, -0.15) is 5.10 Å². The second kappa shape index (κ2) is 7.08. The number of ether oxygens (including phenoxy) is 1. The van der Waals surface area contributed by atoms with Gasteiger partial charge in [0.2, 0.25) is 5.76 Å². The van der Waals surface area contributed by atoms with Gasteiger partial charge >= 0.3 is 5.97 Å². The van der Waals surface area contributed by atoms with Crippen molar-refractivity contribution in [3.05, 3.63) is 35.0 Å². The summed E-state index contributed by atoms with van der Waals surface area (Å²) in [7, 11) is 1.32. The number of methoxy groups -OCH3 is 1. The molecule has 0 aromatic carbocycles. The second-order valence-corrected chi connectivity index (χ2v) is 6.60. The lowest BCUT2D eigenvalue weighted by Crippen LogP contribution is -2.30. The van der Waals surface area contributed by atoms with E-state index in [0.29, 0.717) is 25.6 Å². The third-order valence-corrected chi connectivity index (χ3v) is 4.08. The summed E-state index contributed by atoms with van der Waals surface area (Å²) in [4.78, 5) is 26.1. The maximum atomic E-state index is 12.7. The Labute approximate surface area is 145 Å². The summed E-state index contributed by atoms with van der Waals surface area (Å²) in [5, 5.41) is 8.23. The summed E-state index contributed by atoms with van der Waals surface area (Å²) in [6.45, 7) is 5.78. The Bertz CT molecular complexity index is 777. The number of rotatable bonds is 4. The van der Waals surface area contributed by atoms with Crippen molar-refractivity contribution < 1.29 is 18.8 Å². The Balaban J connectivity index is 1.76. The normalized spacial score (nSPS) is 14.3. The number of nitrogens with zero attached hydrogens (tertiary/aromatic N) is 4. The zero-order valence-electron chi connectivity index (χ0n) is 14.7. The van der Waals surface area contributed by atoms with E-state index in [0.717, 1.165) is 24.2 Å². The molecule has 0 aliphatic carbocycles. The smallest absolute Gasteiger partial charge is 0.358 e. The van der Waals surface area contributed by atoms with Crippen molar-refractivity contribution in [3.63, 3.8) is 0 Å². The maximum absolute atomic E-state index is 12.7. The van der Waals surface area contributed by atoms with Crippen molar-refractivity contribution in [2.24, 2.45) is 5.92 Å². The number of aromatic nitrogens is 3. The number of amides is 1. The lowest BCUT2D eigenvalue weighted by Gasteiger charge is -2.17. The van der Waals surface area contributed by atoms with E-state index >= 15 is 0 Å². The molecule has 0 bridgehead atoms. The Kier molecular flexibility index (Phi) is 4.87. The molecule has 0 N–H and O–H groups in total. The highest BCUT2D eigenvalue weighted by Crippen LogP contribution is 2.18. The third-order valence-electron chi connectivity index (χ3n) is 4.08. The van der Waals surface area contributed by atoms with Gasteiger partial charge in [0.15, 0.2) is 5.69 Å². The van der Waals surface area contributed by atoms with Crippen molar-refractivity contribution in [2.75, 3.05) is 13.7 Å². The van der Waals surface area contributed by atoms with Crippen LogP contribution in [0.15, 0.2) is 16.7 Å². The Hall–Kier alpha value is -2.64. The van der Waals surface area contributed by atoms with Crippen LogP contribution in [-0.2, 0) is 24.2 Å². The zero-order valence-corrected chi connectivity index (χ0v) is 14.7. The van der Waals surface area contributed by atoms with E-state index in [1.165, 1.54) is 7.11 Å². The molecule has 134 valence electrons. The molecule has 8 nitrogen and oxygen atoms in total. The van der Waals surface area contributed by atoms with Gasteiger partial charge in [-0.3, -0.25) is 9.48 Å². The maximum Gasteiger partial charge on any atom is 0.358 e. The fourth-order valence-corrected chi connectivity index (χ4v) is 2.92. The van der Waals surface area contributed by atoms with E-state index in [9.17, 15) is 9.59 Å². The van der Waals surface area contributed by atoms with Gasteiger partial charge in [-0.1, -0.05) is 19.0 Å². The van der Waals surface area contributed by atoms with Gasteiger partial charge in [0.1, 0.15) is 0 Å². The van der Waals surface area contributed by atoms with Crippen molar-refractivity contribution in [1.29, 1.82) is 0 Å². The number of hydrogen-bond donors (Lipinski definition) is 0. The van der Waals surface area contributed by atoms with Gasteiger partial charge in [0.05, 0.1) is 25.0 Å². The minimum Gasteiger partial charge on any atom is -0.464 e. The molecular formula is C17H22N4O4. The van der Waals surface area contributed by atoms with E-state index in [2.05, 4.69) is 24.1 Å². The molecule has 2 aromatic heterocycles. The first-order valence-corrected chi connectivity index (χ1v) is 8.38. The largest absolute Gasteiger partial charge is 0.464 e. The van der Waals surface area contributed by atoms with Crippen LogP contribution in [-0.4, -0.2) is 45.4 Å². The topological polar surface area (TPSA) is 90.5 Å². The lowest BCUT2D eigenvalue weighted by molar-refractivity contribution is 0.0593. The molecular weight excluding hydrogens is 324 g/mol. The van der Waals surface area contributed by atoms with Crippen LogP contribution in [0, 0.1) is 5.92 Å². The van der Waals surface area contributed by atoms with Gasteiger partial charge in [-0.25, -0.2) is 4.79 Å². The predicted molar refractivity (Wildman–Crippen MR) is 88.0 cm³/mol. The lowest BCUT2D eigenvalue weighted by atomic mass is 10.1. The summed E-state index contributed by atoms with van der Waals surface area (Å²) in [5.41, 5.74) is 1.84. The van der Waals surface area contributed by atoms with Crippen LogP contribution >= 0.6 is 0 Å². The first-order chi connectivity index (χ1) is 12.0. The molecule has 8 heteroatoms. The molecule has 0 atom stereocenters. The number of aryl methyl sites for hydroxylation is 1. The standard InChI is InChI=1S/C17H22N4O4/c1-11(2)7-12-8-15(25-19-12)16(22)20-5-4-6-21-13(10-20)9-14(18-21)17(23)24-3/h8-9,11H,4-7,10H2,1-3H3. The molecule has 1 amide bonds. The first kappa shape index (κ1) is 17.2. The Morgan fingerprint density at radius 3 is 2.84 bits per heavy atom. The Morgan fingerprint density at radius 2 is 2.12 bits per heavy atom. The second-order valence-electron chi connectivity index (χ2n) is 6.60. The molecule has 1 aliphatic heterocycles. The first-order valence-electron chi connectivity index (χ1n) is 8.38. The van der Waals surface area contributed by atoms with Crippen molar-refractivity contribution in [3.8, 4) is 0 Å². The minimum atomic E-state index is -0.480. The molecule has 0 unspecified atom stereocenters. The average molecular weight is 346 g/mol. The zero-order chi connectivity index (χ0) is 18.0. The van der Waals surface area contributed by atoms with Crippen molar-refractivity contribution >= 4 is 11.9 Å². The SMILES string of the molecule is COC(=O)c1cc2n(n1)CCCN(C(=O)c1cc(CC(C)C)no1)C2. The summed E-state index contributed by atoms with van der Waals surface area (Å²) in [5.74, 6) is 0.0120. The van der Waals surface area contributed by atoms with E-state index < -0.39 is 5.97 Å². The Morgan fingerprint density at radius 1 is 1.32 bits per heavy atom. The van der Waals surface area contributed by atoms with Crippen LogP contribution in [0.5, 0.6) is 0 Å². The highest BCUT2D eigenvalue weighted by molar-refractivity contribution is 5.91. The number of carbonyl (C=O) groups is 2. The van der Waals surface area contributed by atoms with E-state index in [4.69, 9.17) is 9.26 Å². The van der Waals surface area contributed by atoms with Crippen LogP contribution in [0.1, 0.15) is 52.7 Å². The summed E-state index contributed by atoms with van der Waals surface area (Å²) >= 11 is 0. The molecule has 0 saturated carbocycles. The van der Waals surface area contributed by atoms with Crippen LogP contribution in [0.2, 0.25) is 0 Å². The van der Waals surface area contributed by atoms with Gasteiger partial charge < -0.3 is 14.2 Å². The monoisotopic (exact) mass is 346 g/mol. The molecule has 0 spiro atoms. The average Bonchev–Trinajstić information content (AvgIpc) is 3.15. The molecule has 3 rings (SSSR count). The number of esters is 1. The number of hydrogen-bond acceptors (Lipinski definition) is 6. The van der Waals surface area contributed by atoms with E-state index in [1.54, 1.807) is 21.7 Å². The minimum absolute atomic E-state index is 0.197. The van der Waals surface area contributed by atoms with Crippen LogP contribution < -0.4 is 0 Å². The van der Waals surface area contributed by atoms with Crippen LogP contribution in [0.3, 0.4) is 0 Å². The molecule has 0 radical (unpaired) electrons. The van der Waals surface area contributed by atoms with Crippen LogP contribution in [0.4, 0.5) is 0 Å². The number of carbonyl (C=O) groups excluding carboxylic acids is 2. The van der Waals surface area contributed by atoms with Gasteiger partial charge in [0, 0.05) is 19.2 Å². The highest BCUT2D eigenvalue weighted by atomic mass is 16.5. The highest BCUT2D eigenvalue weighted by Gasteiger charge is 2.25. The molecule has 0 saturated heterocycles. The van der Waals surface area contributed by atoms with Gasteiger partial charge in [-0.15, -0.1) is 0 Å². The molecule has 3 heterocycles. The fraction of sp³-hybridized carbons (Fsp3) is 0.529. The summed E-state index contributed by atoms with van der Waals surface area (Å²) in [6, 6.07) is 3.38. The fourth-order valence-electron chi connectivity index (χ4n) is 2.92. The van der Waals surface area contributed by atoms with Crippen LogP contribution in [0.25, 0.3) is 0 Å². The molecule has 25 heavy (non-hydrogen) atoms.